The summed E-state index contributed by atoms with van der Waals surface area (Å²) in [5.74, 6) is 0.0191. The SMILES string of the molecule is Cc1ccc(Cn2nnc3cc(C(=O)Nc4nc(C)cc(C)n4)ccc32)cc1. The van der Waals surface area contributed by atoms with Gasteiger partial charge in [-0.3, -0.25) is 10.1 Å². The molecule has 140 valence electrons. The summed E-state index contributed by atoms with van der Waals surface area (Å²) in [7, 11) is 0. The molecular weight excluding hydrogens is 352 g/mol. The zero-order valence-electron chi connectivity index (χ0n) is 16.0. The Morgan fingerprint density at radius 1 is 0.964 bits per heavy atom. The Hall–Kier alpha value is -3.61. The highest BCUT2D eigenvalue weighted by atomic mass is 16.1. The molecule has 28 heavy (non-hydrogen) atoms. The van der Waals surface area contributed by atoms with Gasteiger partial charge in [-0.05, 0) is 50.6 Å². The van der Waals surface area contributed by atoms with Crippen LogP contribution >= 0.6 is 0 Å². The van der Waals surface area contributed by atoms with Crippen molar-refractivity contribution in [3.8, 4) is 0 Å². The fourth-order valence-electron chi connectivity index (χ4n) is 3.05. The minimum Gasteiger partial charge on any atom is -0.290 e. The van der Waals surface area contributed by atoms with E-state index < -0.39 is 0 Å². The Morgan fingerprint density at radius 2 is 1.68 bits per heavy atom. The molecule has 2 aromatic carbocycles. The van der Waals surface area contributed by atoms with Crippen molar-refractivity contribution in [3.05, 3.63) is 76.6 Å². The van der Waals surface area contributed by atoms with E-state index in [2.05, 4.69) is 56.8 Å². The largest absolute Gasteiger partial charge is 0.290 e. The van der Waals surface area contributed by atoms with E-state index in [-0.39, 0.29) is 5.91 Å². The van der Waals surface area contributed by atoms with Gasteiger partial charge in [-0.2, -0.15) is 0 Å². The third-order valence-electron chi connectivity index (χ3n) is 4.44. The summed E-state index contributed by atoms with van der Waals surface area (Å²) < 4.78 is 1.83. The van der Waals surface area contributed by atoms with Crippen LogP contribution in [0.2, 0.25) is 0 Å². The van der Waals surface area contributed by atoms with Crippen LogP contribution in [0.15, 0.2) is 48.5 Å². The molecule has 7 heteroatoms. The number of aromatic nitrogens is 5. The number of anilines is 1. The highest BCUT2D eigenvalue weighted by Crippen LogP contribution is 2.16. The molecule has 4 aromatic rings. The number of fused-ring (bicyclic) bond motifs is 1. The highest BCUT2D eigenvalue weighted by Gasteiger charge is 2.12. The lowest BCUT2D eigenvalue weighted by molar-refractivity contribution is 0.102. The van der Waals surface area contributed by atoms with Crippen molar-refractivity contribution in [1.29, 1.82) is 0 Å². The van der Waals surface area contributed by atoms with E-state index in [0.29, 0.717) is 23.6 Å². The molecule has 0 saturated carbocycles. The Kier molecular flexibility index (Phi) is 4.57. The van der Waals surface area contributed by atoms with Gasteiger partial charge in [0.2, 0.25) is 5.95 Å². The predicted octanol–water partition coefficient (Wildman–Crippen LogP) is 3.45. The maximum Gasteiger partial charge on any atom is 0.258 e. The Labute approximate surface area is 162 Å². The normalized spacial score (nSPS) is 11.0. The minimum absolute atomic E-state index is 0.278. The molecule has 2 heterocycles. The van der Waals surface area contributed by atoms with Gasteiger partial charge in [0.1, 0.15) is 5.52 Å². The third kappa shape index (κ3) is 3.73. The van der Waals surface area contributed by atoms with Crippen molar-refractivity contribution >= 4 is 22.9 Å². The summed E-state index contributed by atoms with van der Waals surface area (Å²) in [5.41, 5.74) is 6.00. The van der Waals surface area contributed by atoms with Gasteiger partial charge in [-0.1, -0.05) is 35.0 Å². The number of nitrogens with zero attached hydrogens (tertiary/aromatic N) is 5. The predicted molar refractivity (Wildman–Crippen MR) is 107 cm³/mol. The van der Waals surface area contributed by atoms with Crippen molar-refractivity contribution < 1.29 is 4.79 Å². The first kappa shape index (κ1) is 17.8. The highest BCUT2D eigenvalue weighted by molar-refractivity contribution is 6.05. The second-order valence-corrected chi connectivity index (χ2v) is 6.86. The lowest BCUT2D eigenvalue weighted by atomic mass is 10.1. The summed E-state index contributed by atoms with van der Waals surface area (Å²) in [6.07, 6.45) is 0. The number of amides is 1. The lowest BCUT2D eigenvalue weighted by Crippen LogP contribution is -2.15. The van der Waals surface area contributed by atoms with Crippen LogP contribution < -0.4 is 5.32 Å². The number of nitrogens with one attached hydrogen (secondary N) is 1. The topological polar surface area (TPSA) is 85.6 Å². The molecule has 0 atom stereocenters. The number of aryl methyl sites for hydroxylation is 3. The molecule has 0 bridgehead atoms. The third-order valence-corrected chi connectivity index (χ3v) is 4.44. The van der Waals surface area contributed by atoms with Crippen molar-refractivity contribution in [2.75, 3.05) is 5.32 Å². The van der Waals surface area contributed by atoms with Gasteiger partial charge >= 0.3 is 0 Å². The summed E-state index contributed by atoms with van der Waals surface area (Å²) in [4.78, 5) is 21.1. The second kappa shape index (κ2) is 7.19. The van der Waals surface area contributed by atoms with Gasteiger partial charge in [0.05, 0.1) is 12.1 Å². The van der Waals surface area contributed by atoms with Gasteiger partial charge < -0.3 is 0 Å². The van der Waals surface area contributed by atoms with Crippen LogP contribution in [0.3, 0.4) is 0 Å². The van der Waals surface area contributed by atoms with E-state index in [1.54, 1.807) is 12.1 Å². The molecule has 0 fully saturated rings. The van der Waals surface area contributed by atoms with Crippen molar-refractivity contribution in [1.82, 2.24) is 25.0 Å². The number of rotatable bonds is 4. The fourth-order valence-corrected chi connectivity index (χ4v) is 3.05. The van der Waals surface area contributed by atoms with Crippen LogP contribution in [0, 0.1) is 20.8 Å². The number of benzene rings is 2. The minimum atomic E-state index is -0.278. The van der Waals surface area contributed by atoms with Crippen LogP contribution in [-0.4, -0.2) is 30.9 Å². The smallest absolute Gasteiger partial charge is 0.258 e. The molecular formula is C21H20N6O. The number of hydrogen-bond acceptors (Lipinski definition) is 5. The van der Waals surface area contributed by atoms with E-state index in [1.165, 1.54) is 5.56 Å². The number of carbonyl (C=O) groups is 1. The molecule has 0 unspecified atom stereocenters. The summed E-state index contributed by atoms with van der Waals surface area (Å²) >= 11 is 0. The first-order valence-electron chi connectivity index (χ1n) is 9.00. The fraction of sp³-hybridized carbons (Fsp3) is 0.190. The maximum absolute atomic E-state index is 12.6. The standard InChI is InChI=1S/C21H20N6O/c1-13-4-6-16(7-5-13)12-27-19-9-8-17(11-18(19)25-26-27)20(28)24-21-22-14(2)10-15(3)23-21/h4-11H,12H2,1-3H3,(H,22,23,24,28). The Bertz CT molecular complexity index is 1140. The van der Waals surface area contributed by atoms with Crippen molar-refractivity contribution in [2.24, 2.45) is 0 Å². The quantitative estimate of drug-likeness (QED) is 0.593. The number of carbonyl (C=O) groups excluding carboxylic acids is 1. The summed E-state index contributed by atoms with van der Waals surface area (Å²) in [6, 6.07) is 15.5. The van der Waals surface area contributed by atoms with Crippen LogP contribution in [-0.2, 0) is 6.54 Å². The molecule has 2 aromatic heterocycles. The first-order chi connectivity index (χ1) is 13.5. The molecule has 0 aliphatic carbocycles. The molecule has 4 rings (SSSR count). The Morgan fingerprint density at radius 3 is 2.39 bits per heavy atom. The second-order valence-electron chi connectivity index (χ2n) is 6.86. The van der Waals surface area contributed by atoms with Crippen LogP contribution in [0.1, 0.15) is 32.9 Å². The zero-order valence-corrected chi connectivity index (χ0v) is 16.0. The van der Waals surface area contributed by atoms with E-state index in [9.17, 15) is 4.79 Å². The van der Waals surface area contributed by atoms with Gasteiger partial charge in [0, 0.05) is 17.0 Å². The van der Waals surface area contributed by atoms with Crippen LogP contribution in [0.25, 0.3) is 11.0 Å². The Balaban J connectivity index is 1.56. The molecule has 0 radical (unpaired) electrons. The van der Waals surface area contributed by atoms with Crippen LogP contribution in [0.5, 0.6) is 0 Å². The lowest BCUT2D eigenvalue weighted by Gasteiger charge is -2.06. The monoisotopic (exact) mass is 372 g/mol. The van der Waals surface area contributed by atoms with Crippen molar-refractivity contribution in [3.63, 3.8) is 0 Å². The van der Waals surface area contributed by atoms with Gasteiger partial charge in [-0.15, -0.1) is 5.10 Å². The maximum atomic E-state index is 12.6. The van der Waals surface area contributed by atoms with E-state index in [0.717, 1.165) is 22.5 Å². The first-order valence-corrected chi connectivity index (χ1v) is 9.00. The average molecular weight is 372 g/mol. The van der Waals surface area contributed by atoms with Gasteiger partial charge in [0.25, 0.3) is 5.91 Å². The average Bonchev–Trinajstić information content (AvgIpc) is 3.05. The molecule has 1 N–H and O–H groups in total. The number of hydrogen-bond donors (Lipinski definition) is 1. The van der Waals surface area contributed by atoms with Crippen LogP contribution in [0.4, 0.5) is 5.95 Å². The van der Waals surface area contributed by atoms with E-state index in [4.69, 9.17) is 0 Å². The summed E-state index contributed by atoms with van der Waals surface area (Å²) in [6.45, 7) is 6.41. The zero-order chi connectivity index (χ0) is 19.7. The summed E-state index contributed by atoms with van der Waals surface area (Å²) in [5, 5.41) is 11.2. The van der Waals surface area contributed by atoms with E-state index >= 15 is 0 Å². The van der Waals surface area contributed by atoms with E-state index in [1.807, 2.05) is 30.7 Å². The molecule has 1 amide bonds. The molecule has 0 saturated heterocycles. The molecule has 0 aliphatic heterocycles. The van der Waals surface area contributed by atoms with Crippen molar-refractivity contribution in [2.45, 2.75) is 27.3 Å². The molecule has 0 aliphatic rings. The van der Waals surface area contributed by atoms with Gasteiger partial charge in [0.15, 0.2) is 0 Å². The molecule has 0 spiro atoms. The van der Waals surface area contributed by atoms with Gasteiger partial charge in [-0.25, -0.2) is 14.6 Å². The molecule has 7 nitrogen and oxygen atoms in total.